The number of fused-ring (bicyclic) bond motifs is 1. The molecule has 0 saturated heterocycles. The summed E-state index contributed by atoms with van der Waals surface area (Å²) in [6.07, 6.45) is 1.86. The first-order valence-corrected chi connectivity index (χ1v) is 5.20. The standard InChI is InChI=1S/C12H12N2O3/c1-7-4-3-5-14-9(6-8(2)15)13-10(11(7)14)12(16)17/h3-5H,6H2,1-2H3,(H,16,17). The molecule has 88 valence electrons. The average Bonchev–Trinajstić information content (AvgIpc) is 2.58. The number of imidazole rings is 1. The quantitative estimate of drug-likeness (QED) is 0.869. The lowest BCUT2D eigenvalue weighted by atomic mass is 10.2. The normalized spacial score (nSPS) is 10.7. The number of Topliss-reactive ketones (excluding diaryl/α,β-unsaturated/α-hetero) is 1. The second kappa shape index (κ2) is 4.01. The van der Waals surface area contributed by atoms with Crippen molar-refractivity contribution in [1.29, 1.82) is 0 Å². The molecule has 0 unspecified atom stereocenters. The number of aromatic nitrogens is 2. The maximum atomic E-state index is 11.1. The highest BCUT2D eigenvalue weighted by Gasteiger charge is 2.18. The summed E-state index contributed by atoms with van der Waals surface area (Å²) in [5, 5.41) is 9.09. The molecule has 17 heavy (non-hydrogen) atoms. The summed E-state index contributed by atoms with van der Waals surface area (Å²) in [6, 6.07) is 3.63. The van der Waals surface area contributed by atoms with Gasteiger partial charge in [0.1, 0.15) is 11.6 Å². The van der Waals surface area contributed by atoms with Crippen LogP contribution in [0.15, 0.2) is 18.3 Å². The zero-order valence-electron chi connectivity index (χ0n) is 9.60. The fourth-order valence-corrected chi connectivity index (χ4v) is 1.87. The second-order valence-corrected chi connectivity index (χ2v) is 3.97. The van der Waals surface area contributed by atoms with Crippen LogP contribution < -0.4 is 0 Å². The van der Waals surface area contributed by atoms with Crippen LogP contribution in [0, 0.1) is 6.92 Å². The molecular weight excluding hydrogens is 220 g/mol. The third kappa shape index (κ3) is 1.91. The van der Waals surface area contributed by atoms with E-state index in [4.69, 9.17) is 5.11 Å². The van der Waals surface area contributed by atoms with Crippen molar-refractivity contribution >= 4 is 17.3 Å². The highest BCUT2D eigenvalue weighted by molar-refractivity contribution is 5.95. The number of carbonyl (C=O) groups excluding carboxylic acids is 1. The van der Waals surface area contributed by atoms with Crippen molar-refractivity contribution in [2.75, 3.05) is 0 Å². The summed E-state index contributed by atoms with van der Waals surface area (Å²) in [5.74, 6) is -0.657. The van der Waals surface area contributed by atoms with E-state index >= 15 is 0 Å². The van der Waals surface area contributed by atoms with Gasteiger partial charge in [0.05, 0.1) is 11.9 Å². The molecule has 0 atom stereocenters. The van der Waals surface area contributed by atoms with Crippen molar-refractivity contribution in [3.8, 4) is 0 Å². The Kier molecular flexibility index (Phi) is 2.67. The molecule has 1 N–H and O–H groups in total. The third-order valence-electron chi connectivity index (χ3n) is 2.55. The number of nitrogens with zero attached hydrogens (tertiary/aromatic N) is 2. The number of ketones is 1. The lowest BCUT2D eigenvalue weighted by Crippen LogP contribution is -2.02. The molecule has 2 heterocycles. The highest BCUT2D eigenvalue weighted by Crippen LogP contribution is 2.18. The van der Waals surface area contributed by atoms with Gasteiger partial charge >= 0.3 is 5.97 Å². The van der Waals surface area contributed by atoms with Crippen molar-refractivity contribution in [2.24, 2.45) is 0 Å². The lowest BCUT2D eigenvalue weighted by molar-refractivity contribution is -0.116. The number of carbonyl (C=O) groups is 2. The van der Waals surface area contributed by atoms with E-state index < -0.39 is 5.97 Å². The van der Waals surface area contributed by atoms with E-state index in [-0.39, 0.29) is 17.9 Å². The Bertz CT molecular complexity index is 613. The Labute approximate surface area is 97.7 Å². The minimum absolute atomic E-state index is 0.000602. The number of rotatable bonds is 3. The van der Waals surface area contributed by atoms with Gasteiger partial charge in [-0.2, -0.15) is 0 Å². The first-order chi connectivity index (χ1) is 8.00. The summed E-state index contributed by atoms with van der Waals surface area (Å²) >= 11 is 0. The zero-order chi connectivity index (χ0) is 12.6. The van der Waals surface area contributed by atoms with Crippen molar-refractivity contribution in [3.63, 3.8) is 0 Å². The van der Waals surface area contributed by atoms with Gasteiger partial charge < -0.3 is 9.51 Å². The van der Waals surface area contributed by atoms with Gasteiger partial charge in [-0.15, -0.1) is 0 Å². The van der Waals surface area contributed by atoms with E-state index in [2.05, 4.69) is 4.98 Å². The van der Waals surface area contributed by atoms with E-state index in [0.29, 0.717) is 11.3 Å². The Morgan fingerprint density at radius 3 is 2.76 bits per heavy atom. The summed E-state index contributed by atoms with van der Waals surface area (Å²) < 4.78 is 1.67. The highest BCUT2D eigenvalue weighted by atomic mass is 16.4. The minimum atomic E-state index is -1.08. The minimum Gasteiger partial charge on any atom is -0.476 e. The number of hydrogen-bond donors (Lipinski definition) is 1. The fraction of sp³-hybridized carbons (Fsp3) is 0.250. The molecule has 0 amide bonds. The molecule has 0 spiro atoms. The van der Waals surface area contributed by atoms with Gasteiger partial charge in [0.25, 0.3) is 0 Å². The maximum Gasteiger partial charge on any atom is 0.356 e. The molecule has 2 aromatic rings. The van der Waals surface area contributed by atoms with Crippen molar-refractivity contribution < 1.29 is 14.7 Å². The number of pyridine rings is 1. The van der Waals surface area contributed by atoms with Crippen LogP contribution in [-0.4, -0.2) is 26.2 Å². The van der Waals surface area contributed by atoms with E-state index in [0.717, 1.165) is 5.56 Å². The fourth-order valence-electron chi connectivity index (χ4n) is 1.87. The van der Waals surface area contributed by atoms with E-state index in [9.17, 15) is 9.59 Å². The van der Waals surface area contributed by atoms with Crippen LogP contribution in [0.1, 0.15) is 28.8 Å². The SMILES string of the molecule is CC(=O)Cc1nc(C(=O)O)c2c(C)cccn12. The molecule has 2 aromatic heterocycles. The summed E-state index contributed by atoms with van der Waals surface area (Å²) in [4.78, 5) is 26.3. The van der Waals surface area contributed by atoms with Gasteiger partial charge in [-0.05, 0) is 25.5 Å². The molecule has 5 heteroatoms. The van der Waals surface area contributed by atoms with Gasteiger partial charge in [-0.3, -0.25) is 4.79 Å². The monoisotopic (exact) mass is 232 g/mol. The maximum absolute atomic E-state index is 11.1. The van der Waals surface area contributed by atoms with E-state index in [1.807, 2.05) is 13.0 Å². The molecule has 0 fully saturated rings. The molecule has 0 saturated carbocycles. The lowest BCUT2D eigenvalue weighted by Gasteiger charge is -2.00. The van der Waals surface area contributed by atoms with Crippen LogP contribution in [0.3, 0.4) is 0 Å². The topological polar surface area (TPSA) is 71.7 Å². The third-order valence-corrected chi connectivity index (χ3v) is 2.55. The first-order valence-electron chi connectivity index (χ1n) is 5.20. The molecule has 0 radical (unpaired) electrons. The molecule has 5 nitrogen and oxygen atoms in total. The van der Waals surface area contributed by atoms with Crippen molar-refractivity contribution in [2.45, 2.75) is 20.3 Å². The molecule has 0 bridgehead atoms. The Morgan fingerprint density at radius 1 is 1.47 bits per heavy atom. The van der Waals surface area contributed by atoms with Crippen LogP contribution in [-0.2, 0) is 11.2 Å². The molecular formula is C12H12N2O3. The Morgan fingerprint density at radius 2 is 2.18 bits per heavy atom. The first kappa shape index (κ1) is 11.3. The predicted molar refractivity (Wildman–Crippen MR) is 61.3 cm³/mol. The van der Waals surface area contributed by atoms with Crippen LogP contribution in [0.4, 0.5) is 0 Å². The predicted octanol–water partition coefficient (Wildman–Crippen LogP) is 1.47. The molecule has 2 rings (SSSR count). The summed E-state index contributed by atoms with van der Waals surface area (Å²) in [7, 11) is 0. The number of aryl methyl sites for hydroxylation is 1. The van der Waals surface area contributed by atoms with Gasteiger partial charge in [-0.25, -0.2) is 9.78 Å². The van der Waals surface area contributed by atoms with Gasteiger partial charge in [-0.1, -0.05) is 6.07 Å². The van der Waals surface area contributed by atoms with Crippen molar-refractivity contribution in [3.05, 3.63) is 35.4 Å². The van der Waals surface area contributed by atoms with Crippen LogP contribution in [0.2, 0.25) is 0 Å². The van der Waals surface area contributed by atoms with Crippen LogP contribution >= 0.6 is 0 Å². The Balaban J connectivity index is 2.75. The van der Waals surface area contributed by atoms with E-state index in [1.165, 1.54) is 6.92 Å². The zero-order valence-corrected chi connectivity index (χ0v) is 9.60. The second-order valence-electron chi connectivity index (χ2n) is 3.97. The van der Waals surface area contributed by atoms with Gasteiger partial charge in [0.2, 0.25) is 0 Å². The molecule has 0 aliphatic heterocycles. The van der Waals surface area contributed by atoms with Crippen molar-refractivity contribution in [1.82, 2.24) is 9.38 Å². The summed E-state index contributed by atoms with van der Waals surface area (Å²) in [6.45, 7) is 3.28. The Hall–Kier alpha value is -2.17. The smallest absolute Gasteiger partial charge is 0.356 e. The van der Waals surface area contributed by atoms with Crippen LogP contribution in [0.5, 0.6) is 0 Å². The number of aromatic carboxylic acids is 1. The molecule has 0 aliphatic rings. The summed E-state index contributed by atoms with van der Waals surface area (Å²) in [5.41, 5.74) is 1.38. The number of carboxylic acid groups (broad SMARTS) is 1. The van der Waals surface area contributed by atoms with Gasteiger partial charge in [0.15, 0.2) is 5.69 Å². The molecule has 0 aliphatic carbocycles. The van der Waals surface area contributed by atoms with E-state index in [1.54, 1.807) is 16.7 Å². The largest absolute Gasteiger partial charge is 0.476 e. The van der Waals surface area contributed by atoms with Crippen LogP contribution in [0.25, 0.3) is 5.52 Å². The number of hydrogen-bond acceptors (Lipinski definition) is 3. The average molecular weight is 232 g/mol. The molecule has 0 aromatic carbocycles. The van der Waals surface area contributed by atoms with Gasteiger partial charge in [0, 0.05) is 6.20 Å². The number of carboxylic acids is 1.